The van der Waals surface area contributed by atoms with Gasteiger partial charge < -0.3 is 5.32 Å². The first-order valence-corrected chi connectivity index (χ1v) is 9.88. The van der Waals surface area contributed by atoms with Crippen LogP contribution in [0.4, 0.5) is 4.39 Å². The second kappa shape index (κ2) is 7.87. The van der Waals surface area contributed by atoms with Crippen molar-refractivity contribution in [2.24, 2.45) is 5.14 Å². The number of nitrogens with two attached hydrogens (primary N) is 1. The van der Waals surface area contributed by atoms with Gasteiger partial charge in [0.1, 0.15) is 11.6 Å². The Bertz CT molecular complexity index is 1090. The van der Waals surface area contributed by atoms with Gasteiger partial charge in [-0.15, -0.1) is 5.10 Å². The molecule has 0 fully saturated rings. The van der Waals surface area contributed by atoms with Crippen LogP contribution >= 0.6 is 0 Å². The van der Waals surface area contributed by atoms with Gasteiger partial charge in [-0.2, -0.15) is 0 Å². The molecule has 3 rings (SSSR count). The summed E-state index contributed by atoms with van der Waals surface area (Å²) >= 11 is 0. The largest absolute Gasteiger partial charge is 0.349 e. The average Bonchev–Trinajstić information content (AvgIpc) is 3.04. The molecule has 0 saturated carbocycles. The lowest BCUT2D eigenvalue weighted by molar-refractivity contribution is 0.0943. The fourth-order valence-electron chi connectivity index (χ4n) is 2.56. The van der Waals surface area contributed by atoms with Crippen LogP contribution in [0.5, 0.6) is 0 Å². The molecular formula is C18H18FN5O3S. The minimum atomic E-state index is -3.73. The Hall–Kier alpha value is -3.11. The molecular weight excluding hydrogens is 385 g/mol. The first-order valence-electron chi connectivity index (χ1n) is 8.33. The zero-order chi connectivity index (χ0) is 20.3. The molecule has 0 aliphatic rings. The van der Waals surface area contributed by atoms with E-state index >= 15 is 0 Å². The molecule has 3 aromatic rings. The Kier molecular flexibility index (Phi) is 5.52. The highest BCUT2D eigenvalue weighted by atomic mass is 32.2. The fraction of sp³-hybridized carbons (Fsp3) is 0.167. The lowest BCUT2D eigenvalue weighted by Crippen LogP contribution is -2.27. The summed E-state index contributed by atoms with van der Waals surface area (Å²) < 4.78 is 37.0. The molecule has 0 radical (unpaired) electrons. The van der Waals surface area contributed by atoms with Gasteiger partial charge in [0.15, 0.2) is 0 Å². The summed E-state index contributed by atoms with van der Waals surface area (Å²) in [6.07, 6.45) is 0.494. The van der Waals surface area contributed by atoms with Crippen LogP contribution in [0.3, 0.4) is 0 Å². The van der Waals surface area contributed by atoms with Crippen molar-refractivity contribution in [3.8, 4) is 5.69 Å². The topological polar surface area (TPSA) is 120 Å². The highest BCUT2D eigenvalue weighted by Crippen LogP contribution is 2.11. The van der Waals surface area contributed by atoms with E-state index in [9.17, 15) is 17.6 Å². The van der Waals surface area contributed by atoms with E-state index in [1.807, 2.05) is 0 Å². The number of carbonyl (C=O) groups excluding carboxylic acids is 1. The minimum absolute atomic E-state index is 0.00592. The predicted molar refractivity (Wildman–Crippen MR) is 99.9 cm³/mol. The molecule has 0 bridgehead atoms. The van der Waals surface area contributed by atoms with Crippen LogP contribution in [-0.4, -0.2) is 35.6 Å². The Morgan fingerprint density at radius 2 is 1.79 bits per heavy atom. The number of carbonyl (C=O) groups is 1. The highest BCUT2D eigenvalue weighted by Gasteiger charge is 2.15. The summed E-state index contributed by atoms with van der Waals surface area (Å²) in [5, 5.41) is 11.9. The molecule has 146 valence electrons. The third kappa shape index (κ3) is 4.59. The summed E-state index contributed by atoms with van der Waals surface area (Å²) in [6.45, 7) is 2.01. The molecule has 0 atom stereocenters. The number of amides is 1. The third-order valence-electron chi connectivity index (χ3n) is 3.99. The maximum Gasteiger partial charge on any atom is 0.290 e. The van der Waals surface area contributed by atoms with E-state index in [0.29, 0.717) is 24.5 Å². The summed E-state index contributed by atoms with van der Waals surface area (Å²) in [5.41, 5.74) is 1.44. The number of nitrogens with one attached hydrogen (secondary N) is 1. The molecule has 1 amide bonds. The lowest BCUT2D eigenvalue weighted by atomic mass is 10.1. The molecule has 0 saturated heterocycles. The van der Waals surface area contributed by atoms with Crippen LogP contribution in [0.15, 0.2) is 53.4 Å². The van der Waals surface area contributed by atoms with Crippen LogP contribution in [-0.2, 0) is 16.4 Å². The number of aryl methyl sites for hydroxylation is 1. The number of hydrogen-bond donors (Lipinski definition) is 2. The second-order valence-corrected chi connectivity index (χ2v) is 7.63. The molecule has 0 aliphatic heterocycles. The number of hydrogen-bond acceptors (Lipinski definition) is 5. The molecule has 28 heavy (non-hydrogen) atoms. The second-order valence-electron chi connectivity index (χ2n) is 6.07. The van der Waals surface area contributed by atoms with E-state index in [-0.39, 0.29) is 16.5 Å². The minimum Gasteiger partial charge on any atom is -0.349 e. The van der Waals surface area contributed by atoms with E-state index in [1.54, 1.807) is 31.2 Å². The Morgan fingerprint density at radius 1 is 1.14 bits per heavy atom. The van der Waals surface area contributed by atoms with Gasteiger partial charge in [0.2, 0.25) is 15.8 Å². The van der Waals surface area contributed by atoms with Gasteiger partial charge >= 0.3 is 0 Å². The summed E-state index contributed by atoms with van der Waals surface area (Å²) in [4.78, 5) is 16.4. The number of nitrogens with zero attached hydrogens (tertiary/aromatic N) is 3. The van der Waals surface area contributed by atoms with Crippen molar-refractivity contribution >= 4 is 15.9 Å². The van der Waals surface area contributed by atoms with Gasteiger partial charge in [-0.3, -0.25) is 4.79 Å². The van der Waals surface area contributed by atoms with Crippen molar-refractivity contribution in [2.45, 2.75) is 18.2 Å². The zero-order valence-corrected chi connectivity index (χ0v) is 15.8. The number of primary sulfonamides is 1. The first kappa shape index (κ1) is 19.6. The smallest absolute Gasteiger partial charge is 0.290 e. The number of sulfonamides is 1. The standard InChI is InChI=1S/C18H18FN5O3S/c1-12-22-17(23-24(12)15-6-4-14(19)5-7-15)18(25)21-11-10-13-2-8-16(9-3-13)28(20,26)27/h2-9H,10-11H2,1H3,(H,21,25)(H2,20,26,27). The zero-order valence-electron chi connectivity index (χ0n) is 15.0. The SMILES string of the molecule is Cc1nc(C(=O)NCCc2ccc(S(N)(=O)=O)cc2)nn1-c1ccc(F)cc1. The number of rotatable bonds is 6. The Balaban J connectivity index is 1.61. The Labute approximate surface area is 161 Å². The van der Waals surface area contributed by atoms with Crippen molar-refractivity contribution in [3.63, 3.8) is 0 Å². The van der Waals surface area contributed by atoms with Gasteiger partial charge in [-0.1, -0.05) is 12.1 Å². The number of halogens is 1. The maximum absolute atomic E-state index is 13.1. The third-order valence-corrected chi connectivity index (χ3v) is 4.92. The van der Waals surface area contributed by atoms with E-state index in [1.165, 1.54) is 28.9 Å². The molecule has 2 aromatic carbocycles. The predicted octanol–water partition coefficient (Wildman–Crippen LogP) is 1.33. The van der Waals surface area contributed by atoms with Crippen LogP contribution in [0, 0.1) is 12.7 Å². The molecule has 3 N–H and O–H groups in total. The summed E-state index contributed by atoms with van der Waals surface area (Å²) in [5.74, 6) is -0.302. The molecule has 0 unspecified atom stereocenters. The summed E-state index contributed by atoms with van der Waals surface area (Å²) in [6, 6.07) is 11.8. The molecule has 0 spiro atoms. The fourth-order valence-corrected chi connectivity index (χ4v) is 3.07. The van der Waals surface area contributed by atoms with Crippen molar-refractivity contribution in [1.82, 2.24) is 20.1 Å². The molecule has 1 heterocycles. The van der Waals surface area contributed by atoms with Crippen LogP contribution in [0.1, 0.15) is 22.0 Å². The van der Waals surface area contributed by atoms with E-state index < -0.39 is 15.9 Å². The maximum atomic E-state index is 13.1. The van der Waals surface area contributed by atoms with Gasteiger partial charge in [-0.05, 0) is 55.3 Å². The quantitative estimate of drug-likeness (QED) is 0.643. The number of aromatic nitrogens is 3. The average molecular weight is 403 g/mol. The van der Waals surface area contributed by atoms with Crippen LogP contribution in [0.25, 0.3) is 5.69 Å². The highest BCUT2D eigenvalue weighted by molar-refractivity contribution is 7.89. The molecule has 8 nitrogen and oxygen atoms in total. The monoisotopic (exact) mass is 403 g/mol. The van der Waals surface area contributed by atoms with Crippen molar-refractivity contribution in [1.29, 1.82) is 0 Å². The van der Waals surface area contributed by atoms with Crippen molar-refractivity contribution in [2.75, 3.05) is 6.54 Å². The van der Waals surface area contributed by atoms with Gasteiger partial charge in [-0.25, -0.2) is 27.6 Å². The Morgan fingerprint density at radius 3 is 2.39 bits per heavy atom. The van der Waals surface area contributed by atoms with E-state index in [4.69, 9.17) is 5.14 Å². The van der Waals surface area contributed by atoms with Gasteiger partial charge in [0.25, 0.3) is 5.91 Å². The molecule has 0 aliphatic carbocycles. The van der Waals surface area contributed by atoms with Crippen molar-refractivity contribution in [3.05, 3.63) is 71.6 Å². The van der Waals surface area contributed by atoms with E-state index in [2.05, 4.69) is 15.4 Å². The number of benzene rings is 2. The van der Waals surface area contributed by atoms with Gasteiger partial charge in [0, 0.05) is 6.54 Å². The van der Waals surface area contributed by atoms with Gasteiger partial charge in [0.05, 0.1) is 10.6 Å². The molecule has 10 heteroatoms. The van der Waals surface area contributed by atoms with Crippen LogP contribution in [0.2, 0.25) is 0 Å². The van der Waals surface area contributed by atoms with E-state index in [0.717, 1.165) is 5.56 Å². The lowest BCUT2D eigenvalue weighted by Gasteiger charge is -2.04. The van der Waals surface area contributed by atoms with Crippen molar-refractivity contribution < 1.29 is 17.6 Å². The summed E-state index contributed by atoms with van der Waals surface area (Å²) in [7, 11) is -3.73. The van der Waals surface area contributed by atoms with Crippen LogP contribution < -0.4 is 10.5 Å². The first-order chi connectivity index (χ1) is 13.2. The molecule has 1 aromatic heterocycles. The normalized spacial score (nSPS) is 11.4.